The number of hydrogen-bond donors (Lipinski definition) is 2. The van der Waals surface area contributed by atoms with E-state index in [1.54, 1.807) is 31.4 Å². The summed E-state index contributed by atoms with van der Waals surface area (Å²) in [6.07, 6.45) is 1.82. The minimum absolute atomic E-state index is 0.0598. The Balaban J connectivity index is 2.92. The molecule has 0 fully saturated rings. The predicted molar refractivity (Wildman–Crippen MR) is 80.9 cm³/mol. The SMILES string of the molecule is C=CCNC(CCC(=O)O)C(=O)c1ccc(OC)cc1C. The molecule has 1 aromatic rings. The lowest BCUT2D eigenvalue weighted by Gasteiger charge is -2.17. The van der Waals surface area contributed by atoms with Gasteiger partial charge in [-0.05, 0) is 37.1 Å². The second-order valence-electron chi connectivity index (χ2n) is 4.73. The normalized spacial score (nSPS) is 11.7. The Kier molecular flexibility index (Phi) is 6.62. The van der Waals surface area contributed by atoms with Crippen LogP contribution in [0, 0.1) is 6.92 Å². The summed E-state index contributed by atoms with van der Waals surface area (Å²) in [5.41, 5.74) is 1.38. The van der Waals surface area contributed by atoms with Gasteiger partial charge in [0.1, 0.15) is 5.75 Å². The number of ether oxygens (including phenoxy) is 1. The highest BCUT2D eigenvalue weighted by Crippen LogP contribution is 2.19. The fourth-order valence-corrected chi connectivity index (χ4v) is 2.05. The highest BCUT2D eigenvalue weighted by atomic mass is 16.5. The zero-order valence-corrected chi connectivity index (χ0v) is 12.4. The average Bonchev–Trinajstić information content (AvgIpc) is 2.46. The van der Waals surface area contributed by atoms with Crippen LogP contribution in [-0.2, 0) is 4.79 Å². The first-order valence-electron chi connectivity index (χ1n) is 6.74. The quantitative estimate of drug-likeness (QED) is 0.539. The zero-order valence-electron chi connectivity index (χ0n) is 12.4. The molecule has 1 rings (SSSR count). The predicted octanol–water partition coefficient (Wildman–Crippen LogP) is 2.20. The van der Waals surface area contributed by atoms with Crippen LogP contribution >= 0.6 is 0 Å². The topological polar surface area (TPSA) is 75.6 Å². The molecule has 2 N–H and O–H groups in total. The fraction of sp³-hybridized carbons (Fsp3) is 0.375. The Hall–Kier alpha value is -2.14. The summed E-state index contributed by atoms with van der Waals surface area (Å²) in [5.74, 6) is -0.344. The van der Waals surface area contributed by atoms with Gasteiger partial charge in [0, 0.05) is 18.5 Å². The third-order valence-corrected chi connectivity index (χ3v) is 3.17. The maximum Gasteiger partial charge on any atom is 0.303 e. The molecule has 0 amide bonds. The summed E-state index contributed by atoms with van der Waals surface area (Å²) >= 11 is 0. The van der Waals surface area contributed by atoms with Crippen LogP contribution < -0.4 is 10.1 Å². The number of carboxylic acid groups (broad SMARTS) is 1. The van der Waals surface area contributed by atoms with E-state index in [0.29, 0.717) is 17.9 Å². The van der Waals surface area contributed by atoms with Crippen LogP contribution in [0.1, 0.15) is 28.8 Å². The van der Waals surface area contributed by atoms with E-state index in [2.05, 4.69) is 11.9 Å². The lowest BCUT2D eigenvalue weighted by atomic mass is 9.96. The van der Waals surface area contributed by atoms with Gasteiger partial charge in [-0.1, -0.05) is 6.08 Å². The second kappa shape index (κ2) is 8.21. The van der Waals surface area contributed by atoms with E-state index < -0.39 is 12.0 Å². The number of aliphatic carboxylic acids is 1. The molecule has 5 heteroatoms. The van der Waals surface area contributed by atoms with Crippen LogP contribution in [-0.4, -0.2) is 36.6 Å². The summed E-state index contributed by atoms with van der Waals surface area (Å²) in [6, 6.07) is 4.68. The number of carboxylic acids is 1. The standard InChI is InChI=1S/C16H21NO4/c1-4-9-17-14(7-8-15(18)19)16(20)13-6-5-12(21-3)10-11(13)2/h4-6,10,14,17H,1,7-9H2,2-3H3,(H,18,19). The van der Waals surface area contributed by atoms with Crippen LogP contribution in [0.15, 0.2) is 30.9 Å². The van der Waals surface area contributed by atoms with Crippen LogP contribution in [0.4, 0.5) is 0 Å². The third kappa shape index (κ3) is 5.04. The molecule has 0 bridgehead atoms. The molecule has 0 aliphatic heterocycles. The minimum Gasteiger partial charge on any atom is -0.497 e. The monoisotopic (exact) mass is 291 g/mol. The number of benzene rings is 1. The molecule has 0 aromatic heterocycles. The van der Waals surface area contributed by atoms with E-state index in [1.807, 2.05) is 6.92 Å². The maximum atomic E-state index is 12.6. The molecule has 0 aliphatic rings. The highest BCUT2D eigenvalue weighted by Gasteiger charge is 2.21. The molecule has 0 saturated heterocycles. The van der Waals surface area contributed by atoms with Crippen molar-refractivity contribution < 1.29 is 19.4 Å². The zero-order chi connectivity index (χ0) is 15.8. The summed E-state index contributed by atoms with van der Waals surface area (Å²) < 4.78 is 5.12. The number of ketones is 1. The molecule has 114 valence electrons. The molecule has 5 nitrogen and oxygen atoms in total. The number of carbonyl (C=O) groups excluding carboxylic acids is 1. The number of methoxy groups -OCH3 is 1. The van der Waals surface area contributed by atoms with E-state index in [9.17, 15) is 9.59 Å². The molecule has 21 heavy (non-hydrogen) atoms. The van der Waals surface area contributed by atoms with Crippen molar-refractivity contribution in [2.75, 3.05) is 13.7 Å². The van der Waals surface area contributed by atoms with E-state index in [-0.39, 0.29) is 18.6 Å². The van der Waals surface area contributed by atoms with Gasteiger partial charge in [-0.2, -0.15) is 0 Å². The van der Waals surface area contributed by atoms with E-state index in [1.165, 1.54) is 0 Å². The molecular weight excluding hydrogens is 270 g/mol. The molecule has 0 radical (unpaired) electrons. The van der Waals surface area contributed by atoms with Gasteiger partial charge in [0.05, 0.1) is 13.2 Å². The van der Waals surface area contributed by atoms with Crippen molar-refractivity contribution in [2.24, 2.45) is 0 Å². The summed E-state index contributed by atoms with van der Waals surface area (Å²) in [4.78, 5) is 23.3. The van der Waals surface area contributed by atoms with Crippen LogP contribution in [0.5, 0.6) is 5.75 Å². The van der Waals surface area contributed by atoms with Crippen LogP contribution in [0.3, 0.4) is 0 Å². The summed E-state index contributed by atoms with van der Waals surface area (Å²) in [7, 11) is 1.57. The van der Waals surface area contributed by atoms with Crippen molar-refractivity contribution in [3.8, 4) is 5.75 Å². The van der Waals surface area contributed by atoms with Gasteiger partial charge in [-0.25, -0.2) is 0 Å². The van der Waals surface area contributed by atoms with Crippen molar-refractivity contribution in [2.45, 2.75) is 25.8 Å². The molecule has 1 atom stereocenters. The van der Waals surface area contributed by atoms with Gasteiger partial charge in [-0.3, -0.25) is 9.59 Å². The maximum absolute atomic E-state index is 12.6. The minimum atomic E-state index is -0.917. The van der Waals surface area contributed by atoms with Crippen molar-refractivity contribution in [1.29, 1.82) is 0 Å². The Labute approximate surface area is 124 Å². The van der Waals surface area contributed by atoms with Crippen LogP contribution in [0.2, 0.25) is 0 Å². The van der Waals surface area contributed by atoms with Gasteiger partial charge in [0.25, 0.3) is 0 Å². The average molecular weight is 291 g/mol. The van der Waals surface area contributed by atoms with Gasteiger partial charge in [-0.15, -0.1) is 6.58 Å². The van der Waals surface area contributed by atoms with Crippen molar-refractivity contribution in [1.82, 2.24) is 5.32 Å². The summed E-state index contributed by atoms with van der Waals surface area (Å²) in [5, 5.41) is 11.8. The fourth-order valence-electron chi connectivity index (χ4n) is 2.05. The van der Waals surface area contributed by atoms with Gasteiger partial charge in [0.15, 0.2) is 5.78 Å². The van der Waals surface area contributed by atoms with E-state index in [4.69, 9.17) is 9.84 Å². The van der Waals surface area contributed by atoms with E-state index >= 15 is 0 Å². The number of carbonyl (C=O) groups is 2. The first kappa shape index (κ1) is 16.9. The van der Waals surface area contributed by atoms with Crippen LogP contribution in [0.25, 0.3) is 0 Å². The van der Waals surface area contributed by atoms with Gasteiger partial charge < -0.3 is 15.2 Å². The van der Waals surface area contributed by atoms with E-state index in [0.717, 1.165) is 5.56 Å². The third-order valence-electron chi connectivity index (χ3n) is 3.17. The smallest absolute Gasteiger partial charge is 0.303 e. The molecule has 1 aromatic carbocycles. The number of Topliss-reactive ketones (excluding diaryl/α,β-unsaturated/α-hetero) is 1. The molecular formula is C16H21NO4. The van der Waals surface area contributed by atoms with Crippen molar-refractivity contribution >= 4 is 11.8 Å². The Morgan fingerprint density at radius 3 is 2.71 bits per heavy atom. The van der Waals surface area contributed by atoms with Crippen molar-refractivity contribution in [3.05, 3.63) is 42.0 Å². The largest absolute Gasteiger partial charge is 0.497 e. The van der Waals surface area contributed by atoms with Gasteiger partial charge >= 0.3 is 5.97 Å². The number of hydrogen-bond acceptors (Lipinski definition) is 4. The Morgan fingerprint density at radius 1 is 1.48 bits per heavy atom. The molecule has 1 unspecified atom stereocenters. The first-order chi connectivity index (χ1) is 9.99. The Bertz CT molecular complexity index is 525. The Morgan fingerprint density at radius 2 is 2.19 bits per heavy atom. The number of aryl methyl sites for hydroxylation is 1. The lowest BCUT2D eigenvalue weighted by molar-refractivity contribution is -0.137. The van der Waals surface area contributed by atoms with Gasteiger partial charge in [0.2, 0.25) is 0 Å². The van der Waals surface area contributed by atoms with Crippen molar-refractivity contribution in [3.63, 3.8) is 0 Å². The molecule has 0 saturated carbocycles. The molecule has 0 aliphatic carbocycles. The number of nitrogens with one attached hydrogen (secondary N) is 1. The number of rotatable bonds is 9. The second-order valence-corrected chi connectivity index (χ2v) is 4.73. The first-order valence-corrected chi connectivity index (χ1v) is 6.74. The molecule has 0 spiro atoms. The highest BCUT2D eigenvalue weighted by molar-refractivity contribution is 6.01. The molecule has 0 heterocycles. The summed E-state index contributed by atoms with van der Waals surface area (Å²) in [6.45, 7) is 5.87. The lowest BCUT2D eigenvalue weighted by Crippen LogP contribution is -2.37.